The number of aryl methyl sites for hydroxylation is 1. The smallest absolute Gasteiger partial charge is 0.320 e. The third-order valence-corrected chi connectivity index (χ3v) is 4.74. The predicted octanol–water partition coefficient (Wildman–Crippen LogP) is 4.82. The molecule has 2 aromatic carbocycles. The van der Waals surface area contributed by atoms with Crippen molar-refractivity contribution in [2.75, 3.05) is 7.11 Å². The van der Waals surface area contributed by atoms with Gasteiger partial charge in [0.2, 0.25) is 0 Å². The molecule has 0 saturated carbocycles. The monoisotopic (exact) mass is 405 g/mol. The lowest BCUT2D eigenvalue weighted by Crippen LogP contribution is -2.37. The molecule has 0 fully saturated rings. The molecule has 152 valence electrons. The van der Waals surface area contributed by atoms with Gasteiger partial charge in [0.1, 0.15) is 12.6 Å². The quantitative estimate of drug-likeness (QED) is 0.592. The van der Waals surface area contributed by atoms with Crippen molar-refractivity contribution in [2.24, 2.45) is 5.92 Å². The zero-order valence-electron chi connectivity index (χ0n) is 16.8. The highest BCUT2D eigenvalue weighted by molar-refractivity contribution is 6.31. The van der Waals surface area contributed by atoms with E-state index in [1.807, 2.05) is 45.0 Å². The standard InChI is InChI=1S/C22H28ClNO4/c1-14(2)9-19(22(25)26)24-12-17-10-20(27-4)21(11-18(17)23)28-13-16-7-5-15(3)6-8-16/h5-8,10-11,14,19,24H,9,12-13H2,1-4H3,(H,25,26). The van der Waals surface area contributed by atoms with Crippen molar-refractivity contribution in [3.63, 3.8) is 0 Å². The highest BCUT2D eigenvalue weighted by Gasteiger charge is 2.19. The van der Waals surface area contributed by atoms with E-state index in [1.165, 1.54) is 5.56 Å². The Morgan fingerprint density at radius 2 is 1.86 bits per heavy atom. The molecule has 2 rings (SSSR count). The van der Waals surface area contributed by atoms with Crippen LogP contribution in [-0.2, 0) is 17.9 Å². The van der Waals surface area contributed by atoms with Crippen LogP contribution in [0.3, 0.4) is 0 Å². The number of nitrogens with one attached hydrogen (secondary N) is 1. The van der Waals surface area contributed by atoms with Crippen molar-refractivity contribution < 1.29 is 19.4 Å². The summed E-state index contributed by atoms with van der Waals surface area (Å²) in [6.07, 6.45) is 0.543. The van der Waals surface area contributed by atoms with Crippen LogP contribution in [0.4, 0.5) is 0 Å². The minimum atomic E-state index is -0.866. The number of aliphatic carboxylic acids is 1. The topological polar surface area (TPSA) is 67.8 Å². The van der Waals surface area contributed by atoms with Crippen LogP contribution in [0, 0.1) is 12.8 Å². The molecule has 1 atom stereocenters. The highest BCUT2D eigenvalue weighted by atomic mass is 35.5. The van der Waals surface area contributed by atoms with E-state index in [1.54, 1.807) is 19.2 Å². The third-order valence-electron chi connectivity index (χ3n) is 4.39. The number of carboxylic acids is 1. The fraction of sp³-hybridized carbons (Fsp3) is 0.409. The maximum atomic E-state index is 11.4. The molecule has 2 N–H and O–H groups in total. The summed E-state index contributed by atoms with van der Waals surface area (Å²) in [6, 6.07) is 11.0. The van der Waals surface area contributed by atoms with E-state index in [9.17, 15) is 9.90 Å². The zero-order chi connectivity index (χ0) is 20.7. The Kier molecular flexibility index (Phi) is 8.15. The number of carbonyl (C=O) groups is 1. The third kappa shape index (κ3) is 6.43. The van der Waals surface area contributed by atoms with Crippen LogP contribution in [0.25, 0.3) is 0 Å². The zero-order valence-corrected chi connectivity index (χ0v) is 17.5. The molecule has 0 aromatic heterocycles. The van der Waals surface area contributed by atoms with E-state index in [2.05, 4.69) is 5.32 Å². The van der Waals surface area contributed by atoms with E-state index in [0.29, 0.717) is 36.1 Å². The van der Waals surface area contributed by atoms with Gasteiger partial charge in [0.15, 0.2) is 11.5 Å². The Bertz CT molecular complexity index is 790. The number of carboxylic acid groups (broad SMARTS) is 1. The lowest BCUT2D eigenvalue weighted by Gasteiger charge is -2.18. The van der Waals surface area contributed by atoms with Gasteiger partial charge in [-0.25, -0.2) is 0 Å². The largest absolute Gasteiger partial charge is 0.493 e. The van der Waals surface area contributed by atoms with Crippen molar-refractivity contribution in [3.05, 3.63) is 58.1 Å². The Labute approximate surface area is 171 Å². The van der Waals surface area contributed by atoms with Crippen molar-refractivity contribution in [3.8, 4) is 11.5 Å². The minimum Gasteiger partial charge on any atom is -0.493 e. The number of methoxy groups -OCH3 is 1. The molecule has 6 heteroatoms. The highest BCUT2D eigenvalue weighted by Crippen LogP contribution is 2.34. The van der Waals surface area contributed by atoms with Crippen LogP contribution < -0.4 is 14.8 Å². The summed E-state index contributed by atoms with van der Waals surface area (Å²) >= 11 is 6.41. The summed E-state index contributed by atoms with van der Waals surface area (Å²) in [4.78, 5) is 11.4. The van der Waals surface area contributed by atoms with E-state index in [0.717, 1.165) is 11.1 Å². The van der Waals surface area contributed by atoms with E-state index in [4.69, 9.17) is 21.1 Å². The number of ether oxygens (including phenoxy) is 2. The Morgan fingerprint density at radius 1 is 1.18 bits per heavy atom. The Hall–Kier alpha value is -2.24. The lowest BCUT2D eigenvalue weighted by atomic mass is 10.0. The van der Waals surface area contributed by atoms with E-state index >= 15 is 0 Å². The van der Waals surface area contributed by atoms with Crippen LogP contribution in [-0.4, -0.2) is 24.2 Å². The first-order valence-electron chi connectivity index (χ1n) is 9.31. The van der Waals surface area contributed by atoms with Gasteiger partial charge in [-0.3, -0.25) is 4.79 Å². The van der Waals surface area contributed by atoms with E-state index < -0.39 is 12.0 Å². The van der Waals surface area contributed by atoms with Crippen LogP contribution in [0.1, 0.15) is 37.0 Å². The van der Waals surface area contributed by atoms with Crippen LogP contribution in [0.5, 0.6) is 11.5 Å². The average Bonchev–Trinajstić information content (AvgIpc) is 2.65. The fourth-order valence-corrected chi connectivity index (χ4v) is 3.03. The van der Waals surface area contributed by atoms with Gasteiger partial charge in [-0.15, -0.1) is 0 Å². The number of hydrogen-bond donors (Lipinski definition) is 2. The molecule has 0 spiro atoms. The molecule has 0 aliphatic carbocycles. The van der Waals surface area contributed by atoms with Crippen LogP contribution in [0.2, 0.25) is 5.02 Å². The van der Waals surface area contributed by atoms with Crippen molar-refractivity contribution in [1.82, 2.24) is 5.32 Å². The lowest BCUT2D eigenvalue weighted by molar-refractivity contribution is -0.140. The van der Waals surface area contributed by atoms with Crippen LogP contribution in [0.15, 0.2) is 36.4 Å². The molecule has 0 aliphatic rings. The van der Waals surface area contributed by atoms with Crippen LogP contribution >= 0.6 is 11.6 Å². The summed E-state index contributed by atoms with van der Waals surface area (Å²) < 4.78 is 11.3. The molecular weight excluding hydrogens is 378 g/mol. The summed E-state index contributed by atoms with van der Waals surface area (Å²) in [5.74, 6) is 0.517. The van der Waals surface area contributed by atoms with Crippen molar-refractivity contribution in [1.29, 1.82) is 0 Å². The van der Waals surface area contributed by atoms with Gasteiger partial charge in [-0.1, -0.05) is 55.3 Å². The molecule has 0 aliphatic heterocycles. The summed E-state index contributed by atoms with van der Waals surface area (Å²) in [5.41, 5.74) is 3.00. The molecule has 0 heterocycles. The molecule has 0 radical (unpaired) electrons. The van der Waals surface area contributed by atoms with Gasteiger partial charge in [-0.05, 0) is 36.5 Å². The number of hydrogen-bond acceptors (Lipinski definition) is 4. The van der Waals surface area contributed by atoms with Gasteiger partial charge >= 0.3 is 5.97 Å². The maximum Gasteiger partial charge on any atom is 0.320 e. The van der Waals surface area contributed by atoms with Gasteiger partial charge in [0.25, 0.3) is 0 Å². The van der Waals surface area contributed by atoms with Crippen molar-refractivity contribution in [2.45, 2.75) is 46.4 Å². The average molecular weight is 406 g/mol. The van der Waals surface area contributed by atoms with Gasteiger partial charge in [-0.2, -0.15) is 0 Å². The van der Waals surface area contributed by atoms with Gasteiger partial charge in [0.05, 0.1) is 7.11 Å². The molecule has 28 heavy (non-hydrogen) atoms. The SMILES string of the molecule is COc1cc(CNC(CC(C)C)C(=O)O)c(Cl)cc1OCc1ccc(C)cc1. The maximum absolute atomic E-state index is 11.4. The second-order valence-electron chi connectivity index (χ2n) is 7.27. The minimum absolute atomic E-state index is 0.274. The first kappa shape index (κ1) is 22.1. The summed E-state index contributed by atoms with van der Waals surface area (Å²) in [5, 5.41) is 12.9. The second kappa shape index (κ2) is 10.3. The molecule has 2 aromatic rings. The number of benzene rings is 2. The first-order chi connectivity index (χ1) is 13.3. The van der Waals surface area contributed by atoms with Gasteiger partial charge in [0, 0.05) is 17.6 Å². The summed E-state index contributed by atoms with van der Waals surface area (Å²) in [6.45, 7) is 6.76. The predicted molar refractivity (Wildman–Crippen MR) is 111 cm³/mol. The normalized spacial score (nSPS) is 12.1. The molecular formula is C22H28ClNO4. The number of halogens is 1. The summed E-state index contributed by atoms with van der Waals surface area (Å²) in [7, 11) is 1.57. The molecule has 0 saturated heterocycles. The molecule has 5 nitrogen and oxygen atoms in total. The molecule has 0 amide bonds. The number of rotatable bonds is 10. The van der Waals surface area contributed by atoms with Crippen molar-refractivity contribution >= 4 is 17.6 Å². The molecule has 0 bridgehead atoms. The second-order valence-corrected chi connectivity index (χ2v) is 7.68. The Morgan fingerprint density at radius 3 is 2.43 bits per heavy atom. The Balaban J connectivity index is 2.09. The fourth-order valence-electron chi connectivity index (χ4n) is 2.81. The van der Waals surface area contributed by atoms with E-state index in [-0.39, 0.29) is 5.92 Å². The van der Waals surface area contributed by atoms with Gasteiger partial charge < -0.3 is 19.9 Å². The molecule has 1 unspecified atom stereocenters. The first-order valence-corrected chi connectivity index (χ1v) is 9.69.